The van der Waals surface area contributed by atoms with Gasteiger partial charge in [0.25, 0.3) is 0 Å². The number of halogens is 2. The fraction of sp³-hybridized carbons (Fsp3) is 0.125. The minimum absolute atomic E-state index is 0.157. The van der Waals surface area contributed by atoms with Crippen LogP contribution in [0.15, 0.2) is 46.8 Å². The van der Waals surface area contributed by atoms with Gasteiger partial charge in [0, 0.05) is 17.1 Å². The van der Waals surface area contributed by atoms with Crippen molar-refractivity contribution in [3.63, 3.8) is 0 Å². The van der Waals surface area contributed by atoms with Crippen LogP contribution in [0.3, 0.4) is 0 Å². The van der Waals surface area contributed by atoms with Crippen LogP contribution in [0.4, 0.5) is 4.39 Å². The lowest BCUT2D eigenvalue weighted by Crippen LogP contribution is -2.24. The van der Waals surface area contributed by atoms with E-state index in [1.165, 1.54) is 29.2 Å². The Morgan fingerprint density at radius 2 is 2.13 bits per heavy atom. The zero-order valence-electron chi connectivity index (χ0n) is 11.9. The van der Waals surface area contributed by atoms with E-state index in [0.717, 1.165) is 14.6 Å². The number of rotatable bonds is 5. The molecule has 1 N–H and O–H groups in total. The molecule has 0 spiro atoms. The van der Waals surface area contributed by atoms with Gasteiger partial charge < -0.3 is 5.32 Å². The van der Waals surface area contributed by atoms with Gasteiger partial charge in [0.05, 0.1) is 16.0 Å². The molecule has 0 saturated heterocycles. The first-order valence-electron chi connectivity index (χ1n) is 6.81. The average Bonchev–Trinajstić information content (AvgIpc) is 2.94. The lowest BCUT2D eigenvalue weighted by Gasteiger charge is -2.05. The van der Waals surface area contributed by atoms with Crippen LogP contribution in [-0.4, -0.2) is 16.6 Å². The van der Waals surface area contributed by atoms with Crippen molar-refractivity contribution >= 4 is 50.8 Å². The summed E-state index contributed by atoms with van der Waals surface area (Å²) >= 11 is 8.81. The topological polar surface area (TPSA) is 42.0 Å². The van der Waals surface area contributed by atoms with Crippen LogP contribution in [0.5, 0.6) is 0 Å². The maximum absolute atomic E-state index is 13.5. The fourth-order valence-electron chi connectivity index (χ4n) is 1.96. The van der Waals surface area contributed by atoms with Gasteiger partial charge >= 0.3 is 0 Å². The zero-order valence-corrected chi connectivity index (χ0v) is 14.3. The number of hydrogen-bond acceptors (Lipinski definition) is 4. The van der Waals surface area contributed by atoms with E-state index in [1.807, 2.05) is 12.1 Å². The van der Waals surface area contributed by atoms with Gasteiger partial charge in [-0.15, -0.1) is 11.3 Å². The van der Waals surface area contributed by atoms with Gasteiger partial charge in [0.15, 0.2) is 4.34 Å². The number of thiazole rings is 1. The number of thioether (sulfide) groups is 1. The molecule has 3 nitrogen and oxygen atoms in total. The smallest absolute Gasteiger partial charge is 0.230 e. The van der Waals surface area contributed by atoms with Gasteiger partial charge in [-0.1, -0.05) is 41.6 Å². The number of fused-ring (bicyclic) bond motifs is 1. The molecular formula is C16H12ClFN2OS2. The van der Waals surface area contributed by atoms with E-state index in [0.29, 0.717) is 10.6 Å². The van der Waals surface area contributed by atoms with Crippen molar-refractivity contribution in [3.8, 4) is 0 Å². The highest BCUT2D eigenvalue weighted by molar-refractivity contribution is 8.01. The second-order valence-electron chi connectivity index (χ2n) is 4.75. The monoisotopic (exact) mass is 366 g/mol. The van der Waals surface area contributed by atoms with Gasteiger partial charge in [0.2, 0.25) is 5.91 Å². The van der Waals surface area contributed by atoms with Gasteiger partial charge in [-0.3, -0.25) is 4.79 Å². The van der Waals surface area contributed by atoms with Crippen molar-refractivity contribution in [1.29, 1.82) is 0 Å². The standard InChI is InChI=1S/C16H12ClFN2OS2/c17-11-5-6-14-13(7-11)20-16(23-14)22-9-15(21)19-8-10-3-1-2-4-12(10)18/h1-7H,8-9H2,(H,19,21). The predicted molar refractivity (Wildman–Crippen MR) is 93.6 cm³/mol. The Morgan fingerprint density at radius 3 is 2.96 bits per heavy atom. The first kappa shape index (κ1) is 16.2. The van der Waals surface area contributed by atoms with Crippen molar-refractivity contribution in [2.45, 2.75) is 10.9 Å². The highest BCUT2D eigenvalue weighted by Crippen LogP contribution is 2.30. The molecule has 0 saturated carbocycles. The van der Waals surface area contributed by atoms with E-state index in [2.05, 4.69) is 10.3 Å². The summed E-state index contributed by atoms with van der Waals surface area (Å²) in [6.07, 6.45) is 0. The molecule has 3 aromatic rings. The first-order valence-corrected chi connectivity index (χ1v) is 8.99. The molecule has 0 aliphatic heterocycles. The maximum atomic E-state index is 13.5. The number of amides is 1. The summed E-state index contributed by atoms with van der Waals surface area (Å²) in [5.41, 5.74) is 1.30. The summed E-state index contributed by atoms with van der Waals surface area (Å²) < 4.78 is 15.3. The molecule has 0 unspecified atom stereocenters. The molecule has 3 rings (SSSR count). The molecule has 23 heavy (non-hydrogen) atoms. The molecule has 0 aliphatic carbocycles. The minimum Gasteiger partial charge on any atom is -0.351 e. The summed E-state index contributed by atoms with van der Waals surface area (Å²) in [5.74, 6) is -0.235. The molecule has 0 aliphatic rings. The Balaban J connectivity index is 1.54. The molecule has 2 aromatic carbocycles. The molecule has 0 fully saturated rings. The lowest BCUT2D eigenvalue weighted by molar-refractivity contribution is -0.118. The van der Waals surface area contributed by atoms with Crippen LogP contribution >= 0.6 is 34.7 Å². The molecule has 1 amide bonds. The molecule has 0 atom stereocenters. The third-order valence-electron chi connectivity index (χ3n) is 3.09. The van der Waals surface area contributed by atoms with Crippen molar-refractivity contribution < 1.29 is 9.18 Å². The van der Waals surface area contributed by atoms with E-state index < -0.39 is 0 Å². The van der Waals surface area contributed by atoms with E-state index in [-0.39, 0.29) is 24.0 Å². The molecule has 1 heterocycles. The third kappa shape index (κ3) is 4.22. The number of nitrogens with zero attached hydrogens (tertiary/aromatic N) is 1. The van der Waals surface area contributed by atoms with E-state index in [1.54, 1.807) is 24.3 Å². The molecule has 1 aromatic heterocycles. The Bertz CT molecular complexity index is 853. The first-order chi connectivity index (χ1) is 11.1. The number of carbonyl (C=O) groups excluding carboxylic acids is 1. The summed E-state index contributed by atoms with van der Waals surface area (Å²) in [7, 11) is 0. The number of hydrogen-bond donors (Lipinski definition) is 1. The summed E-state index contributed by atoms with van der Waals surface area (Å²) in [6.45, 7) is 0.182. The third-order valence-corrected chi connectivity index (χ3v) is 5.51. The maximum Gasteiger partial charge on any atom is 0.230 e. The van der Waals surface area contributed by atoms with Crippen LogP contribution in [0.2, 0.25) is 5.02 Å². The summed E-state index contributed by atoms with van der Waals surface area (Å²) in [4.78, 5) is 16.3. The SMILES string of the molecule is O=C(CSc1nc2cc(Cl)ccc2s1)NCc1ccccc1F. The van der Waals surface area contributed by atoms with Crippen LogP contribution < -0.4 is 5.32 Å². The van der Waals surface area contributed by atoms with Crippen LogP contribution in [0, 0.1) is 5.82 Å². The minimum atomic E-state index is -0.316. The van der Waals surface area contributed by atoms with Crippen LogP contribution in [-0.2, 0) is 11.3 Å². The fourth-order valence-corrected chi connectivity index (χ4v) is 4.00. The largest absolute Gasteiger partial charge is 0.351 e. The summed E-state index contributed by atoms with van der Waals surface area (Å²) in [6, 6.07) is 11.9. The molecule has 7 heteroatoms. The van der Waals surface area contributed by atoms with E-state index in [4.69, 9.17) is 11.6 Å². The number of benzene rings is 2. The lowest BCUT2D eigenvalue weighted by atomic mass is 10.2. The number of nitrogens with one attached hydrogen (secondary N) is 1. The Hall–Kier alpha value is -1.63. The Morgan fingerprint density at radius 1 is 1.30 bits per heavy atom. The highest BCUT2D eigenvalue weighted by atomic mass is 35.5. The second kappa shape index (κ2) is 7.29. The van der Waals surface area contributed by atoms with E-state index in [9.17, 15) is 9.18 Å². The molecule has 0 bridgehead atoms. The highest BCUT2D eigenvalue weighted by Gasteiger charge is 2.09. The Labute approximate surface area is 145 Å². The van der Waals surface area contributed by atoms with E-state index >= 15 is 0 Å². The average molecular weight is 367 g/mol. The number of carbonyl (C=O) groups is 1. The van der Waals surface area contributed by atoms with Gasteiger partial charge in [-0.25, -0.2) is 9.37 Å². The molecule has 118 valence electrons. The predicted octanol–water partition coefficient (Wildman–Crippen LogP) is 4.50. The summed E-state index contributed by atoms with van der Waals surface area (Å²) in [5, 5.41) is 3.35. The van der Waals surface area contributed by atoms with Crippen molar-refractivity contribution in [2.24, 2.45) is 0 Å². The van der Waals surface area contributed by atoms with Crippen molar-refractivity contribution in [2.75, 3.05) is 5.75 Å². The Kier molecular flexibility index (Phi) is 5.15. The van der Waals surface area contributed by atoms with Crippen LogP contribution in [0.1, 0.15) is 5.56 Å². The van der Waals surface area contributed by atoms with Crippen molar-refractivity contribution in [3.05, 3.63) is 58.9 Å². The quantitative estimate of drug-likeness (QED) is 0.676. The van der Waals surface area contributed by atoms with Gasteiger partial charge in [-0.2, -0.15) is 0 Å². The van der Waals surface area contributed by atoms with Crippen molar-refractivity contribution in [1.82, 2.24) is 10.3 Å². The second-order valence-corrected chi connectivity index (χ2v) is 7.44. The molecular weight excluding hydrogens is 355 g/mol. The van der Waals surface area contributed by atoms with Gasteiger partial charge in [0.1, 0.15) is 5.82 Å². The molecule has 0 radical (unpaired) electrons. The normalized spacial score (nSPS) is 10.9. The van der Waals surface area contributed by atoms with Crippen LogP contribution in [0.25, 0.3) is 10.2 Å². The zero-order chi connectivity index (χ0) is 16.2. The van der Waals surface area contributed by atoms with Gasteiger partial charge in [-0.05, 0) is 24.3 Å². The number of aromatic nitrogens is 1.